The highest BCUT2D eigenvalue weighted by atomic mass is 127. The molecule has 0 saturated heterocycles. The molecule has 11 nitrogen and oxygen atoms in total. The summed E-state index contributed by atoms with van der Waals surface area (Å²) in [6.45, 7) is 3.66. The summed E-state index contributed by atoms with van der Waals surface area (Å²) >= 11 is 4.46. The Kier molecular flexibility index (Phi) is 11.8. The number of hydrazone groups is 1. The first-order chi connectivity index (χ1) is 21.2. The molecule has 0 saturated carbocycles. The van der Waals surface area contributed by atoms with Crippen LogP contribution in [0.3, 0.4) is 0 Å². The van der Waals surface area contributed by atoms with Gasteiger partial charge in [-0.25, -0.2) is 15.0 Å². The summed E-state index contributed by atoms with van der Waals surface area (Å²) in [6.07, 6.45) is 1.53. The van der Waals surface area contributed by atoms with Crippen LogP contribution in [-0.4, -0.2) is 44.4 Å². The molecule has 1 heterocycles. The average molecular weight is 824 g/mol. The minimum absolute atomic E-state index is 0.188. The van der Waals surface area contributed by atoms with Crippen LogP contribution < -0.4 is 30.3 Å². The van der Waals surface area contributed by atoms with E-state index in [4.69, 9.17) is 18.9 Å². The van der Waals surface area contributed by atoms with Crippen LogP contribution in [0.1, 0.15) is 36.6 Å². The monoisotopic (exact) mass is 824 g/mol. The lowest BCUT2D eigenvalue weighted by Crippen LogP contribution is -2.45. The number of halogens is 2. The standard InChI is InChI=1S/C31H30I2N4O7/c1-4-42-30(39)28-18(2)35-31(40)36-29(28)21-8-12-25(26(14-21)41-3)44-17-27(38)37-34-15-20-7-11-24(23(33)13-20)43-16-19-5-9-22(32)10-6-19/h5-15,29H,4,16-17H2,1-3H3,(H,37,38)(H2,35,36,40)/b34-15-/t29-/m0/s1. The second kappa shape index (κ2) is 15.7. The minimum Gasteiger partial charge on any atom is -0.493 e. The number of hydrogen-bond acceptors (Lipinski definition) is 8. The summed E-state index contributed by atoms with van der Waals surface area (Å²) in [5, 5.41) is 9.36. The number of esters is 1. The van der Waals surface area contributed by atoms with Crippen molar-refractivity contribution in [1.82, 2.24) is 16.1 Å². The van der Waals surface area contributed by atoms with E-state index in [2.05, 4.69) is 66.3 Å². The largest absolute Gasteiger partial charge is 0.493 e. The molecule has 3 aromatic rings. The molecule has 0 fully saturated rings. The van der Waals surface area contributed by atoms with Crippen molar-refractivity contribution in [3.63, 3.8) is 0 Å². The van der Waals surface area contributed by atoms with Crippen molar-refractivity contribution in [2.24, 2.45) is 5.10 Å². The predicted molar refractivity (Wildman–Crippen MR) is 181 cm³/mol. The molecular formula is C31H30I2N4O7. The maximum atomic E-state index is 12.6. The summed E-state index contributed by atoms with van der Waals surface area (Å²) in [6, 6.07) is 17.4. The van der Waals surface area contributed by atoms with Gasteiger partial charge in [0.25, 0.3) is 5.91 Å². The van der Waals surface area contributed by atoms with Gasteiger partial charge >= 0.3 is 12.0 Å². The van der Waals surface area contributed by atoms with Crippen LogP contribution in [0.2, 0.25) is 0 Å². The lowest BCUT2D eigenvalue weighted by Gasteiger charge is -2.28. The molecule has 1 aliphatic rings. The van der Waals surface area contributed by atoms with Gasteiger partial charge in [-0.15, -0.1) is 0 Å². The summed E-state index contributed by atoms with van der Waals surface area (Å²) < 4.78 is 24.3. The average Bonchev–Trinajstić information content (AvgIpc) is 3.00. The molecule has 0 spiro atoms. The number of methoxy groups -OCH3 is 1. The van der Waals surface area contributed by atoms with E-state index in [0.717, 1.165) is 20.4 Å². The molecule has 230 valence electrons. The van der Waals surface area contributed by atoms with Crippen molar-refractivity contribution >= 4 is 69.3 Å². The Morgan fingerprint density at radius 2 is 1.75 bits per heavy atom. The van der Waals surface area contributed by atoms with Gasteiger partial charge in [0.05, 0.1) is 35.1 Å². The fourth-order valence-electron chi connectivity index (χ4n) is 4.22. The van der Waals surface area contributed by atoms with Crippen LogP contribution in [0, 0.1) is 7.14 Å². The predicted octanol–water partition coefficient (Wildman–Crippen LogP) is 5.20. The molecule has 44 heavy (non-hydrogen) atoms. The van der Waals surface area contributed by atoms with Crippen molar-refractivity contribution in [3.8, 4) is 17.2 Å². The Hall–Kier alpha value is -3.86. The number of benzene rings is 3. The SMILES string of the molecule is CCOC(=O)C1=C(C)NC(=O)N[C@H]1c1ccc(OCC(=O)N/N=C\c2ccc(OCc3ccc(I)cc3)c(I)c2)c(OC)c1. The highest BCUT2D eigenvalue weighted by Gasteiger charge is 2.32. The lowest BCUT2D eigenvalue weighted by atomic mass is 9.95. The van der Waals surface area contributed by atoms with Crippen LogP contribution >= 0.6 is 45.2 Å². The third kappa shape index (κ3) is 8.84. The van der Waals surface area contributed by atoms with E-state index in [-0.39, 0.29) is 18.8 Å². The molecule has 0 radical (unpaired) electrons. The number of amides is 3. The highest BCUT2D eigenvalue weighted by molar-refractivity contribution is 14.1. The van der Waals surface area contributed by atoms with E-state index in [1.165, 1.54) is 16.9 Å². The number of carbonyl (C=O) groups is 3. The Balaban J connectivity index is 1.33. The number of rotatable bonds is 12. The first-order valence-corrected chi connectivity index (χ1v) is 15.6. The van der Waals surface area contributed by atoms with E-state index in [1.807, 2.05) is 42.5 Å². The third-order valence-electron chi connectivity index (χ3n) is 6.31. The maximum Gasteiger partial charge on any atom is 0.338 e. The van der Waals surface area contributed by atoms with Gasteiger partial charge < -0.3 is 29.6 Å². The first-order valence-electron chi connectivity index (χ1n) is 13.4. The van der Waals surface area contributed by atoms with Crippen LogP contribution in [0.4, 0.5) is 4.79 Å². The normalized spacial score (nSPS) is 14.5. The molecule has 1 aliphatic heterocycles. The smallest absolute Gasteiger partial charge is 0.338 e. The zero-order valence-corrected chi connectivity index (χ0v) is 28.4. The summed E-state index contributed by atoms with van der Waals surface area (Å²) in [4.78, 5) is 37.2. The van der Waals surface area contributed by atoms with Crippen molar-refractivity contribution < 1.29 is 33.3 Å². The number of nitrogens with one attached hydrogen (secondary N) is 3. The van der Waals surface area contributed by atoms with Crippen LogP contribution in [0.15, 0.2) is 77.0 Å². The van der Waals surface area contributed by atoms with Gasteiger partial charge in [0.15, 0.2) is 18.1 Å². The molecule has 3 amide bonds. The second-order valence-electron chi connectivity index (χ2n) is 9.39. The number of allylic oxidation sites excluding steroid dienone is 1. The molecule has 0 bridgehead atoms. The van der Waals surface area contributed by atoms with Crippen molar-refractivity contribution in [1.29, 1.82) is 0 Å². The molecule has 0 aromatic heterocycles. The first kappa shape index (κ1) is 33.0. The van der Waals surface area contributed by atoms with E-state index in [0.29, 0.717) is 29.4 Å². The third-order valence-corrected chi connectivity index (χ3v) is 7.87. The summed E-state index contributed by atoms with van der Waals surface area (Å²) in [5.41, 5.74) is 5.55. The minimum atomic E-state index is -0.764. The van der Waals surface area contributed by atoms with Gasteiger partial charge in [-0.05, 0) is 118 Å². The Bertz CT molecular complexity index is 1590. The van der Waals surface area contributed by atoms with E-state index >= 15 is 0 Å². The number of urea groups is 1. The Labute approximate surface area is 282 Å². The van der Waals surface area contributed by atoms with Crippen LogP contribution in [0.25, 0.3) is 0 Å². The summed E-state index contributed by atoms with van der Waals surface area (Å²) in [5.74, 6) is 0.337. The maximum absolute atomic E-state index is 12.6. The number of carbonyl (C=O) groups excluding carboxylic acids is 3. The van der Waals surface area contributed by atoms with E-state index in [9.17, 15) is 14.4 Å². The Morgan fingerprint density at radius 3 is 2.45 bits per heavy atom. The molecule has 3 N–H and O–H groups in total. The number of hydrogen-bond donors (Lipinski definition) is 3. The Morgan fingerprint density at radius 1 is 1.00 bits per heavy atom. The van der Waals surface area contributed by atoms with Crippen molar-refractivity contribution in [2.45, 2.75) is 26.5 Å². The van der Waals surface area contributed by atoms with Crippen LogP contribution in [-0.2, 0) is 20.9 Å². The van der Waals surface area contributed by atoms with Crippen molar-refractivity contribution in [2.75, 3.05) is 20.3 Å². The fraction of sp³-hybridized carbons (Fsp3) is 0.226. The van der Waals surface area contributed by atoms with Gasteiger partial charge in [0, 0.05) is 9.27 Å². The molecule has 0 unspecified atom stereocenters. The molecular weight excluding hydrogens is 794 g/mol. The quantitative estimate of drug-likeness (QED) is 0.0989. The zero-order valence-electron chi connectivity index (χ0n) is 24.1. The molecule has 1 atom stereocenters. The zero-order chi connectivity index (χ0) is 31.6. The molecule has 4 rings (SSSR count). The van der Waals surface area contributed by atoms with Gasteiger partial charge in [-0.3, -0.25) is 4.79 Å². The highest BCUT2D eigenvalue weighted by Crippen LogP contribution is 2.34. The van der Waals surface area contributed by atoms with Gasteiger partial charge in [0.2, 0.25) is 0 Å². The van der Waals surface area contributed by atoms with E-state index in [1.54, 1.807) is 32.0 Å². The topological polar surface area (TPSA) is 137 Å². The summed E-state index contributed by atoms with van der Waals surface area (Å²) in [7, 11) is 1.45. The molecule has 13 heteroatoms. The van der Waals surface area contributed by atoms with Gasteiger partial charge in [0.1, 0.15) is 12.4 Å². The number of ether oxygens (including phenoxy) is 4. The van der Waals surface area contributed by atoms with Crippen molar-refractivity contribution in [3.05, 3.63) is 95.8 Å². The second-order valence-corrected chi connectivity index (χ2v) is 11.8. The molecule has 0 aliphatic carbocycles. The van der Waals surface area contributed by atoms with Crippen LogP contribution in [0.5, 0.6) is 17.2 Å². The molecule has 3 aromatic carbocycles. The van der Waals surface area contributed by atoms with E-state index < -0.39 is 23.9 Å². The van der Waals surface area contributed by atoms with Gasteiger partial charge in [-0.1, -0.05) is 18.2 Å². The fourth-order valence-corrected chi connectivity index (χ4v) is 5.27. The lowest BCUT2D eigenvalue weighted by molar-refractivity contribution is -0.139. The number of nitrogens with zero attached hydrogens (tertiary/aromatic N) is 1. The van der Waals surface area contributed by atoms with Gasteiger partial charge in [-0.2, -0.15) is 5.10 Å².